The van der Waals surface area contributed by atoms with Crippen LogP contribution in [0.3, 0.4) is 0 Å². The number of benzene rings is 1. The van der Waals surface area contributed by atoms with Crippen LogP contribution in [0.15, 0.2) is 29.8 Å². The first-order valence-electron chi connectivity index (χ1n) is 5.99. The highest BCUT2D eigenvalue weighted by Gasteiger charge is 2.21. The third-order valence-electron chi connectivity index (χ3n) is 2.79. The molecule has 1 unspecified atom stereocenters. The summed E-state index contributed by atoms with van der Waals surface area (Å²) in [7, 11) is 1.61. The van der Waals surface area contributed by atoms with Crippen LogP contribution < -0.4 is 4.74 Å². The van der Waals surface area contributed by atoms with Gasteiger partial charge in [0.1, 0.15) is 17.6 Å². The summed E-state index contributed by atoms with van der Waals surface area (Å²) in [5, 5.41) is -0.583. The zero-order chi connectivity index (χ0) is 14.5. The van der Waals surface area contributed by atoms with Crippen LogP contribution in [0.4, 0.5) is 0 Å². The maximum atomic E-state index is 11.9. The number of nitrogens with zero attached hydrogens (tertiary/aromatic N) is 1. The van der Waals surface area contributed by atoms with Crippen molar-refractivity contribution in [2.75, 3.05) is 7.11 Å². The van der Waals surface area contributed by atoms with Gasteiger partial charge in [0.05, 0.1) is 23.2 Å². The molecule has 0 radical (unpaired) electrons. The van der Waals surface area contributed by atoms with Gasteiger partial charge in [-0.05, 0) is 24.6 Å². The summed E-state index contributed by atoms with van der Waals surface area (Å²) in [6, 6.07) is 7.37. The molecule has 106 valence electrons. The van der Waals surface area contributed by atoms with Gasteiger partial charge in [0.15, 0.2) is 0 Å². The number of hydrogen-bond donors (Lipinski definition) is 1. The Morgan fingerprint density at radius 2 is 2.10 bits per heavy atom. The number of methoxy groups -OCH3 is 1. The Labute approximate surface area is 127 Å². The van der Waals surface area contributed by atoms with E-state index in [4.69, 9.17) is 9.47 Å². The number of aromatic nitrogens is 1. The van der Waals surface area contributed by atoms with Crippen molar-refractivity contribution in [1.29, 1.82) is 0 Å². The van der Waals surface area contributed by atoms with Crippen LogP contribution in [0, 0.1) is 6.92 Å². The Morgan fingerprint density at radius 3 is 2.65 bits per heavy atom. The molecule has 1 atom stereocenters. The molecule has 0 saturated heterocycles. The maximum Gasteiger partial charge on any atom is 0.324 e. The number of rotatable bonds is 5. The smallest absolute Gasteiger partial charge is 0.324 e. The van der Waals surface area contributed by atoms with Gasteiger partial charge < -0.3 is 9.47 Å². The van der Waals surface area contributed by atoms with Crippen molar-refractivity contribution < 1.29 is 14.3 Å². The van der Waals surface area contributed by atoms with Gasteiger partial charge in [-0.3, -0.25) is 4.79 Å². The molecule has 0 amide bonds. The van der Waals surface area contributed by atoms with Crippen LogP contribution in [0.1, 0.15) is 21.4 Å². The van der Waals surface area contributed by atoms with Crippen molar-refractivity contribution >= 4 is 29.9 Å². The summed E-state index contributed by atoms with van der Waals surface area (Å²) in [4.78, 5) is 16.9. The molecule has 1 aromatic carbocycles. The Kier molecular flexibility index (Phi) is 5.03. The maximum absolute atomic E-state index is 11.9. The highest BCUT2D eigenvalue weighted by molar-refractivity contribution is 7.81. The van der Waals surface area contributed by atoms with Crippen molar-refractivity contribution in [2.24, 2.45) is 0 Å². The Hall–Kier alpha value is -1.53. The molecule has 0 N–H and O–H groups in total. The SMILES string of the molecule is COc1ccc(COC(=O)C(S)c2scnc2C)cc1. The van der Waals surface area contributed by atoms with Gasteiger partial charge in [-0.15, -0.1) is 11.3 Å². The van der Waals surface area contributed by atoms with Gasteiger partial charge in [-0.1, -0.05) is 12.1 Å². The third-order valence-corrected chi connectivity index (χ3v) is 4.43. The van der Waals surface area contributed by atoms with Gasteiger partial charge in [-0.2, -0.15) is 12.6 Å². The summed E-state index contributed by atoms with van der Waals surface area (Å²) >= 11 is 5.71. The molecule has 0 saturated carbocycles. The average molecular weight is 309 g/mol. The first-order valence-corrected chi connectivity index (χ1v) is 7.39. The minimum atomic E-state index is -0.583. The van der Waals surface area contributed by atoms with E-state index in [1.165, 1.54) is 11.3 Å². The van der Waals surface area contributed by atoms with Crippen molar-refractivity contribution in [3.05, 3.63) is 45.9 Å². The Bertz CT molecular complexity index is 580. The van der Waals surface area contributed by atoms with Crippen LogP contribution >= 0.6 is 24.0 Å². The van der Waals surface area contributed by atoms with Gasteiger partial charge in [0.2, 0.25) is 0 Å². The molecular formula is C14H15NO3S2. The van der Waals surface area contributed by atoms with E-state index in [2.05, 4.69) is 17.6 Å². The van der Waals surface area contributed by atoms with Crippen molar-refractivity contribution in [3.8, 4) is 5.75 Å². The zero-order valence-corrected chi connectivity index (χ0v) is 12.9. The minimum Gasteiger partial charge on any atom is -0.497 e. The number of ether oxygens (including phenoxy) is 2. The lowest BCUT2D eigenvalue weighted by Crippen LogP contribution is -2.11. The lowest BCUT2D eigenvalue weighted by molar-refractivity contribution is -0.144. The summed E-state index contributed by atoms with van der Waals surface area (Å²) in [6.45, 7) is 2.07. The third kappa shape index (κ3) is 3.52. The molecule has 4 nitrogen and oxygen atoms in total. The molecule has 0 fully saturated rings. The van der Waals surface area contributed by atoms with Crippen LogP contribution in [-0.4, -0.2) is 18.1 Å². The molecule has 0 aliphatic rings. The molecule has 0 aliphatic carbocycles. The first kappa shape index (κ1) is 14.9. The fourth-order valence-corrected chi connectivity index (χ4v) is 2.85. The lowest BCUT2D eigenvalue weighted by Gasteiger charge is -2.10. The number of hydrogen-bond acceptors (Lipinski definition) is 6. The standard InChI is InChI=1S/C14H15NO3S2/c1-9-13(20-8-15-9)12(19)14(16)18-7-10-3-5-11(17-2)6-4-10/h3-6,8,12,19H,7H2,1-2H3. The van der Waals surface area contributed by atoms with Gasteiger partial charge in [-0.25, -0.2) is 4.98 Å². The number of aryl methyl sites for hydroxylation is 1. The van der Waals surface area contributed by atoms with E-state index in [-0.39, 0.29) is 12.6 Å². The van der Waals surface area contributed by atoms with E-state index in [1.807, 2.05) is 31.2 Å². The molecule has 0 aliphatic heterocycles. The number of thiol groups is 1. The number of esters is 1. The van der Waals surface area contributed by atoms with E-state index in [1.54, 1.807) is 12.6 Å². The largest absolute Gasteiger partial charge is 0.497 e. The van der Waals surface area contributed by atoms with E-state index in [9.17, 15) is 4.79 Å². The van der Waals surface area contributed by atoms with Gasteiger partial charge in [0.25, 0.3) is 0 Å². The molecule has 20 heavy (non-hydrogen) atoms. The van der Waals surface area contributed by atoms with Gasteiger partial charge in [0, 0.05) is 0 Å². The zero-order valence-electron chi connectivity index (χ0n) is 11.2. The monoisotopic (exact) mass is 309 g/mol. The number of carbonyl (C=O) groups is 1. The minimum absolute atomic E-state index is 0.220. The highest BCUT2D eigenvalue weighted by atomic mass is 32.1. The van der Waals surface area contributed by atoms with Crippen LogP contribution in [0.5, 0.6) is 5.75 Å². The van der Waals surface area contributed by atoms with E-state index in [0.717, 1.165) is 21.9 Å². The van der Waals surface area contributed by atoms with Crippen LogP contribution in [-0.2, 0) is 16.1 Å². The molecule has 1 aromatic heterocycles. The molecule has 1 heterocycles. The highest BCUT2D eigenvalue weighted by Crippen LogP contribution is 2.28. The predicted molar refractivity (Wildman–Crippen MR) is 81.4 cm³/mol. The average Bonchev–Trinajstić information content (AvgIpc) is 2.90. The second-order valence-electron chi connectivity index (χ2n) is 4.16. The Balaban J connectivity index is 1.93. The molecule has 2 rings (SSSR count). The second-order valence-corrected chi connectivity index (χ2v) is 5.56. The topological polar surface area (TPSA) is 48.4 Å². The fourth-order valence-electron chi connectivity index (χ4n) is 1.64. The molecule has 6 heteroatoms. The molecule has 2 aromatic rings. The number of carbonyl (C=O) groups excluding carboxylic acids is 1. The summed E-state index contributed by atoms with van der Waals surface area (Å²) in [5.74, 6) is 0.406. The van der Waals surface area contributed by atoms with Crippen LogP contribution in [0.25, 0.3) is 0 Å². The molecule has 0 spiro atoms. The summed E-state index contributed by atoms with van der Waals surface area (Å²) in [5.41, 5.74) is 3.42. The quantitative estimate of drug-likeness (QED) is 0.681. The molecular weight excluding hydrogens is 294 g/mol. The number of thiazole rings is 1. The Morgan fingerprint density at radius 1 is 1.40 bits per heavy atom. The first-order chi connectivity index (χ1) is 9.61. The van der Waals surface area contributed by atoms with Crippen molar-refractivity contribution in [2.45, 2.75) is 18.8 Å². The summed E-state index contributed by atoms with van der Waals surface area (Å²) < 4.78 is 10.3. The van der Waals surface area contributed by atoms with Gasteiger partial charge >= 0.3 is 5.97 Å². The molecule has 0 bridgehead atoms. The van der Waals surface area contributed by atoms with Crippen LogP contribution in [0.2, 0.25) is 0 Å². The normalized spacial score (nSPS) is 11.9. The predicted octanol–water partition coefficient (Wildman–Crippen LogP) is 3.17. The van der Waals surface area contributed by atoms with E-state index >= 15 is 0 Å². The fraction of sp³-hybridized carbons (Fsp3) is 0.286. The van der Waals surface area contributed by atoms with Crippen molar-refractivity contribution in [1.82, 2.24) is 4.98 Å². The lowest BCUT2D eigenvalue weighted by atomic mass is 10.2. The second kappa shape index (κ2) is 6.76. The summed E-state index contributed by atoms with van der Waals surface area (Å²) in [6.07, 6.45) is 0. The van der Waals surface area contributed by atoms with E-state index in [0.29, 0.717) is 0 Å². The van der Waals surface area contributed by atoms with E-state index < -0.39 is 5.25 Å². The van der Waals surface area contributed by atoms with Crippen molar-refractivity contribution in [3.63, 3.8) is 0 Å².